The van der Waals surface area contributed by atoms with Gasteiger partial charge in [-0.3, -0.25) is 0 Å². The minimum absolute atomic E-state index is 0.0245. The second kappa shape index (κ2) is 5.49. The van der Waals surface area contributed by atoms with Crippen LogP contribution in [0, 0.1) is 5.82 Å². The first-order chi connectivity index (χ1) is 9.49. The molecule has 1 aromatic carbocycles. The molecule has 106 valence electrons. The van der Waals surface area contributed by atoms with E-state index in [-0.39, 0.29) is 33.0 Å². The van der Waals surface area contributed by atoms with Crippen LogP contribution in [0.5, 0.6) is 11.5 Å². The van der Waals surface area contributed by atoms with Crippen molar-refractivity contribution in [2.45, 2.75) is 0 Å². The highest BCUT2D eigenvalue weighted by molar-refractivity contribution is 9.10. The van der Waals surface area contributed by atoms with Gasteiger partial charge < -0.3 is 19.1 Å². The lowest BCUT2D eigenvalue weighted by molar-refractivity contribution is 0.0686. The Hall–Kier alpha value is -2.09. The van der Waals surface area contributed by atoms with Gasteiger partial charge in [0.15, 0.2) is 23.0 Å². The van der Waals surface area contributed by atoms with Crippen molar-refractivity contribution in [1.82, 2.24) is 5.16 Å². The van der Waals surface area contributed by atoms with Crippen LogP contribution in [0.2, 0.25) is 0 Å². The molecular formula is C12H9BrFNO5. The van der Waals surface area contributed by atoms with Crippen LogP contribution < -0.4 is 9.47 Å². The summed E-state index contributed by atoms with van der Waals surface area (Å²) in [7, 11) is 2.70. The lowest BCUT2D eigenvalue weighted by Gasteiger charge is -2.12. The molecule has 0 fully saturated rings. The van der Waals surface area contributed by atoms with Crippen molar-refractivity contribution in [3.05, 3.63) is 28.1 Å². The second-order valence-corrected chi connectivity index (χ2v) is 4.46. The average molecular weight is 346 g/mol. The lowest BCUT2D eigenvalue weighted by atomic mass is 10.1. The maximum absolute atomic E-state index is 13.9. The zero-order valence-electron chi connectivity index (χ0n) is 10.4. The second-order valence-electron chi connectivity index (χ2n) is 3.67. The van der Waals surface area contributed by atoms with Crippen molar-refractivity contribution >= 4 is 21.9 Å². The van der Waals surface area contributed by atoms with E-state index in [4.69, 9.17) is 19.1 Å². The average Bonchev–Trinajstić information content (AvgIpc) is 2.88. The van der Waals surface area contributed by atoms with E-state index in [0.29, 0.717) is 0 Å². The molecule has 1 aromatic heterocycles. The van der Waals surface area contributed by atoms with Crippen molar-refractivity contribution < 1.29 is 28.3 Å². The highest BCUT2D eigenvalue weighted by Crippen LogP contribution is 2.43. The summed E-state index contributed by atoms with van der Waals surface area (Å²) in [6.07, 6.45) is 0. The Labute approximate surface area is 121 Å². The number of methoxy groups -OCH3 is 2. The summed E-state index contributed by atoms with van der Waals surface area (Å²) >= 11 is 3.17. The standard InChI is InChI=1S/C12H9BrFNO5/c1-18-10-5(3-6(14)11(19-2)9(10)13)8-4-7(12(16)17)15-20-8/h3-4H,1-2H3,(H,16,17). The van der Waals surface area contributed by atoms with Gasteiger partial charge in [-0.05, 0) is 22.0 Å². The summed E-state index contributed by atoms with van der Waals surface area (Å²) in [6, 6.07) is 2.30. The molecule has 2 rings (SSSR count). The number of carboxylic acid groups (broad SMARTS) is 1. The Morgan fingerprint density at radius 3 is 2.50 bits per heavy atom. The van der Waals surface area contributed by atoms with Crippen molar-refractivity contribution in [3.8, 4) is 22.8 Å². The molecule has 1 N–H and O–H groups in total. The van der Waals surface area contributed by atoms with Crippen molar-refractivity contribution in [3.63, 3.8) is 0 Å². The molecule has 0 saturated carbocycles. The van der Waals surface area contributed by atoms with Crippen LogP contribution in [-0.2, 0) is 0 Å². The first-order valence-electron chi connectivity index (χ1n) is 5.30. The van der Waals surface area contributed by atoms with Crippen LogP contribution >= 0.6 is 15.9 Å². The summed E-state index contributed by atoms with van der Waals surface area (Å²) in [5.41, 5.74) is -0.0629. The number of carboxylic acids is 1. The fourth-order valence-corrected chi connectivity index (χ4v) is 2.38. The highest BCUT2D eigenvalue weighted by atomic mass is 79.9. The predicted octanol–water partition coefficient (Wildman–Crippen LogP) is 2.96. The van der Waals surface area contributed by atoms with Gasteiger partial charge in [0.25, 0.3) is 0 Å². The van der Waals surface area contributed by atoms with Crippen LogP contribution in [0.1, 0.15) is 10.5 Å². The Morgan fingerprint density at radius 1 is 1.35 bits per heavy atom. The molecule has 0 spiro atoms. The number of hydrogen-bond acceptors (Lipinski definition) is 5. The zero-order chi connectivity index (χ0) is 14.9. The van der Waals surface area contributed by atoms with Crippen LogP contribution in [0.4, 0.5) is 4.39 Å². The SMILES string of the molecule is COc1c(F)cc(-c2cc(C(=O)O)no2)c(OC)c1Br. The number of ether oxygens (including phenoxy) is 2. The molecule has 0 aliphatic heterocycles. The Balaban J connectivity index is 2.63. The van der Waals surface area contributed by atoms with Crippen LogP contribution in [-0.4, -0.2) is 30.5 Å². The zero-order valence-corrected chi connectivity index (χ0v) is 12.0. The lowest BCUT2D eigenvalue weighted by Crippen LogP contribution is -1.96. The van der Waals surface area contributed by atoms with Crippen molar-refractivity contribution in [2.24, 2.45) is 0 Å². The van der Waals surface area contributed by atoms with E-state index in [1.54, 1.807) is 0 Å². The number of aromatic nitrogens is 1. The molecule has 20 heavy (non-hydrogen) atoms. The molecule has 0 aliphatic rings. The van der Waals surface area contributed by atoms with Gasteiger partial charge in [-0.25, -0.2) is 9.18 Å². The summed E-state index contributed by atoms with van der Waals surface area (Å²) in [5.74, 6) is -1.60. The minimum atomic E-state index is -1.24. The van der Waals surface area contributed by atoms with Crippen molar-refractivity contribution in [1.29, 1.82) is 0 Å². The van der Waals surface area contributed by atoms with E-state index in [1.165, 1.54) is 20.3 Å². The molecular weight excluding hydrogens is 337 g/mol. The monoisotopic (exact) mass is 345 g/mol. The Kier molecular flexibility index (Phi) is 3.93. The summed E-state index contributed by atoms with van der Waals surface area (Å²) in [4.78, 5) is 10.8. The Bertz CT molecular complexity index is 670. The maximum Gasteiger partial charge on any atom is 0.358 e. The molecule has 2 aromatic rings. The molecule has 0 radical (unpaired) electrons. The van der Waals surface area contributed by atoms with E-state index >= 15 is 0 Å². The van der Waals surface area contributed by atoms with Gasteiger partial charge in [0, 0.05) is 6.07 Å². The summed E-state index contributed by atoms with van der Waals surface area (Å²) < 4.78 is 29.1. The van der Waals surface area contributed by atoms with E-state index in [1.807, 2.05) is 0 Å². The quantitative estimate of drug-likeness (QED) is 0.917. The fraction of sp³-hybridized carbons (Fsp3) is 0.167. The van der Waals surface area contributed by atoms with E-state index in [2.05, 4.69) is 21.1 Å². The number of nitrogens with zero attached hydrogens (tertiary/aromatic N) is 1. The van der Waals surface area contributed by atoms with Crippen LogP contribution in [0.3, 0.4) is 0 Å². The first-order valence-corrected chi connectivity index (χ1v) is 6.09. The molecule has 1 heterocycles. The number of halogens is 2. The molecule has 0 bridgehead atoms. The molecule has 8 heteroatoms. The number of aromatic carboxylic acids is 1. The van der Waals surface area contributed by atoms with Gasteiger partial charge >= 0.3 is 5.97 Å². The van der Waals surface area contributed by atoms with Gasteiger partial charge in [-0.15, -0.1) is 0 Å². The van der Waals surface area contributed by atoms with Gasteiger partial charge in [-0.2, -0.15) is 0 Å². The van der Waals surface area contributed by atoms with Crippen LogP contribution in [0.25, 0.3) is 11.3 Å². The molecule has 0 amide bonds. The predicted molar refractivity (Wildman–Crippen MR) is 69.7 cm³/mol. The maximum atomic E-state index is 13.9. The van der Waals surface area contributed by atoms with E-state index < -0.39 is 11.8 Å². The number of hydrogen-bond donors (Lipinski definition) is 1. The summed E-state index contributed by atoms with van der Waals surface area (Å²) in [6.45, 7) is 0. The van der Waals surface area contributed by atoms with E-state index in [0.717, 1.165) is 6.07 Å². The minimum Gasteiger partial charge on any atom is -0.495 e. The van der Waals surface area contributed by atoms with Gasteiger partial charge in [0.1, 0.15) is 10.2 Å². The van der Waals surface area contributed by atoms with Gasteiger partial charge in [-0.1, -0.05) is 5.16 Å². The molecule has 0 atom stereocenters. The largest absolute Gasteiger partial charge is 0.495 e. The smallest absolute Gasteiger partial charge is 0.358 e. The topological polar surface area (TPSA) is 81.8 Å². The van der Waals surface area contributed by atoms with Crippen molar-refractivity contribution in [2.75, 3.05) is 14.2 Å². The summed E-state index contributed by atoms with van der Waals surface area (Å²) in [5, 5.41) is 12.2. The van der Waals surface area contributed by atoms with Crippen LogP contribution in [0.15, 0.2) is 21.1 Å². The van der Waals surface area contributed by atoms with Gasteiger partial charge in [0.2, 0.25) is 0 Å². The first kappa shape index (κ1) is 14.3. The van der Waals surface area contributed by atoms with E-state index in [9.17, 15) is 9.18 Å². The Morgan fingerprint density at radius 2 is 2.00 bits per heavy atom. The molecule has 0 saturated heterocycles. The molecule has 6 nitrogen and oxygen atoms in total. The number of carbonyl (C=O) groups is 1. The molecule has 0 aliphatic carbocycles. The third-order valence-corrected chi connectivity index (χ3v) is 3.25. The molecule has 0 unspecified atom stereocenters. The third kappa shape index (κ3) is 2.34. The normalized spacial score (nSPS) is 10.4. The van der Waals surface area contributed by atoms with Gasteiger partial charge in [0.05, 0.1) is 19.8 Å². The number of benzene rings is 1. The third-order valence-electron chi connectivity index (χ3n) is 2.53. The highest BCUT2D eigenvalue weighted by Gasteiger charge is 2.22. The number of rotatable bonds is 4. The fourth-order valence-electron chi connectivity index (χ4n) is 1.66.